The Morgan fingerprint density at radius 1 is 1.21 bits per heavy atom. The van der Waals surface area contributed by atoms with Crippen LogP contribution in [0.1, 0.15) is 18.4 Å². The summed E-state index contributed by atoms with van der Waals surface area (Å²) in [5.74, 6) is -1.02. The van der Waals surface area contributed by atoms with Crippen LogP contribution in [0.5, 0.6) is 0 Å². The number of hydrogen-bond acceptors (Lipinski definition) is 4. The van der Waals surface area contributed by atoms with Gasteiger partial charge in [-0.15, -0.1) is 0 Å². The third-order valence-electron chi connectivity index (χ3n) is 4.18. The molecule has 1 aromatic carbocycles. The molecule has 1 saturated heterocycles. The molecule has 1 aliphatic heterocycles. The maximum Gasteiger partial charge on any atom is 0.234 e. The number of nitrogens with one attached hydrogen (secondary N) is 1. The summed E-state index contributed by atoms with van der Waals surface area (Å²) in [4.78, 5) is 25.3. The molecule has 1 aromatic rings. The quantitative estimate of drug-likeness (QED) is 0.836. The minimum Gasteiger partial charge on any atom is -0.358 e. The monoisotopic (exact) mass is 372 g/mol. The van der Waals surface area contributed by atoms with E-state index < -0.39 is 26.7 Å². The molecule has 6 nitrogen and oxygen atoms in total. The number of carbonyl (C=O) groups excluding carboxylic acids is 2. The highest BCUT2D eigenvalue weighted by atomic mass is 35.5. The number of halogens is 1. The molecule has 1 heterocycles. The first-order valence-electron chi connectivity index (χ1n) is 7.76. The number of likely N-dealkylation sites (tertiary alicyclic amines) is 1. The van der Waals surface area contributed by atoms with E-state index in [0.29, 0.717) is 31.0 Å². The molecule has 0 aromatic heterocycles. The van der Waals surface area contributed by atoms with E-state index in [-0.39, 0.29) is 12.3 Å². The van der Waals surface area contributed by atoms with Crippen molar-refractivity contribution in [1.29, 1.82) is 0 Å². The van der Waals surface area contributed by atoms with Gasteiger partial charge in [-0.05, 0) is 30.5 Å². The van der Waals surface area contributed by atoms with Crippen molar-refractivity contribution in [2.75, 3.05) is 25.9 Å². The lowest BCUT2D eigenvalue weighted by atomic mass is 10.1. The first kappa shape index (κ1) is 18.7. The molecular formula is C16H21ClN2O4S. The predicted molar refractivity (Wildman–Crippen MR) is 92.6 cm³/mol. The summed E-state index contributed by atoms with van der Waals surface area (Å²) in [6.45, 7) is 0.786. The van der Waals surface area contributed by atoms with Gasteiger partial charge in [-0.3, -0.25) is 9.59 Å². The van der Waals surface area contributed by atoms with Crippen molar-refractivity contribution in [3.05, 3.63) is 34.9 Å². The molecule has 0 bridgehead atoms. The molecule has 132 valence electrons. The van der Waals surface area contributed by atoms with Gasteiger partial charge < -0.3 is 10.2 Å². The Labute approximate surface area is 147 Å². The van der Waals surface area contributed by atoms with Gasteiger partial charge in [0.05, 0.1) is 11.7 Å². The molecule has 0 saturated carbocycles. The Bertz CT molecular complexity index is 695. The van der Waals surface area contributed by atoms with Gasteiger partial charge in [-0.25, -0.2) is 8.42 Å². The van der Waals surface area contributed by atoms with Crippen LogP contribution in [0.25, 0.3) is 0 Å². The zero-order valence-corrected chi connectivity index (χ0v) is 15.1. The van der Waals surface area contributed by atoms with Gasteiger partial charge in [-0.2, -0.15) is 0 Å². The number of hydrogen-bond donors (Lipinski definition) is 1. The Hall–Kier alpha value is -1.60. The minimum atomic E-state index is -3.47. The van der Waals surface area contributed by atoms with E-state index in [4.69, 9.17) is 11.6 Å². The molecule has 1 fully saturated rings. The number of benzene rings is 1. The summed E-state index contributed by atoms with van der Waals surface area (Å²) in [6, 6.07) is 7.09. The van der Waals surface area contributed by atoms with E-state index in [9.17, 15) is 18.0 Å². The topological polar surface area (TPSA) is 83.6 Å². The zero-order valence-electron chi connectivity index (χ0n) is 13.5. The van der Waals surface area contributed by atoms with E-state index in [0.717, 1.165) is 5.56 Å². The van der Waals surface area contributed by atoms with E-state index in [2.05, 4.69) is 5.32 Å². The van der Waals surface area contributed by atoms with Crippen LogP contribution < -0.4 is 5.32 Å². The van der Waals surface area contributed by atoms with E-state index in [1.54, 1.807) is 29.2 Å². The van der Waals surface area contributed by atoms with Crippen LogP contribution in [0.3, 0.4) is 0 Å². The van der Waals surface area contributed by atoms with Crippen molar-refractivity contribution >= 4 is 33.3 Å². The molecule has 0 atom stereocenters. The molecule has 1 aliphatic rings. The van der Waals surface area contributed by atoms with E-state index in [1.807, 2.05) is 0 Å². The van der Waals surface area contributed by atoms with Crippen molar-refractivity contribution in [1.82, 2.24) is 10.2 Å². The molecule has 24 heavy (non-hydrogen) atoms. The first-order chi connectivity index (χ1) is 11.3. The van der Waals surface area contributed by atoms with Crippen LogP contribution in [0.15, 0.2) is 24.3 Å². The normalized spacial score (nSPS) is 16.0. The number of amides is 2. The maximum atomic E-state index is 12.3. The van der Waals surface area contributed by atoms with Gasteiger partial charge in [0.15, 0.2) is 9.84 Å². The van der Waals surface area contributed by atoms with Gasteiger partial charge in [-0.1, -0.05) is 23.7 Å². The largest absolute Gasteiger partial charge is 0.358 e. The SMILES string of the molecule is CNC(=O)CS(=O)(=O)C1CCN(C(=O)Cc2ccc(Cl)cc2)CC1. The third kappa shape index (κ3) is 4.95. The highest BCUT2D eigenvalue weighted by molar-refractivity contribution is 7.92. The highest BCUT2D eigenvalue weighted by Gasteiger charge is 2.32. The van der Waals surface area contributed by atoms with E-state index in [1.165, 1.54) is 7.05 Å². The minimum absolute atomic E-state index is 0.0283. The van der Waals surface area contributed by atoms with Crippen LogP contribution in [0, 0.1) is 0 Å². The van der Waals surface area contributed by atoms with Crippen molar-refractivity contribution in [3.8, 4) is 0 Å². The van der Waals surface area contributed by atoms with Crippen molar-refractivity contribution in [2.24, 2.45) is 0 Å². The highest BCUT2D eigenvalue weighted by Crippen LogP contribution is 2.20. The fourth-order valence-electron chi connectivity index (χ4n) is 2.73. The third-order valence-corrected chi connectivity index (χ3v) is 6.59. The summed E-state index contributed by atoms with van der Waals surface area (Å²) in [5.41, 5.74) is 0.874. The molecule has 1 N–H and O–H groups in total. The molecule has 2 amide bonds. The molecule has 0 spiro atoms. The second kappa shape index (κ2) is 7.98. The first-order valence-corrected chi connectivity index (χ1v) is 9.85. The molecular weight excluding hydrogens is 352 g/mol. The van der Waals surface area contributed by atoms with Gasteiger partial charge in [0.2, 0.25) is 11.8 Å². The van der Waals surface area contributed by atoms with Crippen LogP contribution in [0.2, 0.25) is 5.02 Å². The van der Waals surface area contributed by atoms with Gasteiger partial charge in [0.1, 0.15) is 5.75 Å². The lowest BCUT2D eigenvalue weighted by Gasteiger charge is -2.31. The summed E-state index contributed by atoms with van der Waals surface area (Å²) in [6.07, 6.45) is 1.00. The van der Waals surface area contributed by atoms with Gasteiger partial charge in [0, 0.05) is 25.2 Å². The number of carbonyl (C=O) groups is 2. The summed E-state index contributed by atoms with van der Waals surface area (Å²) in [7, 11) is -2.06. The smallest absolute Gasteiger partial charge is 0.234 e. The zero-order chi connectivity index (χ0) is 17.7. The Morgan fingerprint density at radius 3 is 2.33 bits per heavy atom. The maximum absolute atomic E-state index is 12.3. The molecule has 0 radical (unpaired) electrons. The second-order valence-corrected chi connectivity index (χ2v) is 8.58. The number of nitrogens with zero attached hydrogens (tertiary/aromatic N) is 1. The van der Waals surface area contributed by atoms with Crippen LogP contribution >= 0.6 is 11.6 Å². The van der Waals surface area contributed by atoms with Crippen LogP contribution in [-0.4, -0.2) is 56.3 Å². The average molecular weight is 373 g/mol. The van der Waals surface area contributed by atoms with Gasteiger partial charge in [0.25, 0.3) is 0 Å². The Kier molecular flexibility index (Phi) is 6.23. The van der Waals surface area contributed by atoms with Gasteiger partial charge >= 0.3 is 0 Å². The van der Waals surface area contributed by atoms with Crippen molar-refractivity contribution in [3.63, 3.8) is 0 Å². The number of rotatable bonds is 5. The summed E-state index contributed by atoms with van der Waals surface area (Å²) >= 11 is 5.82. The predicted octanol–water partition coefficient (Wildman–Crippen LogP) is 1.03. The summed E-state index contributed by atoms with van der Waals surface area (Å²) < 4.78 is 24.4. The van der Waals surface area contributed by atoms with Crippen molar-refractivity contribution < 1.29 is 18.0 Å². The Morgan fingerprint density at radius 2 is 1.79 bits per heavy atom. The molecule has 8 heteroatoms. The molecule has 2 rings (SSSR count). The summed E-state index contributed by atoms with van der Waals surface area (Å²) in [5, 5.41) is 2.38. The second-order valence-electron chi connectivity index (χ2n) is 5.86. The van der Waals surface area contributed by atoms with Crippen molar-refractivity contribution in [2.45, 2.75) is 24.5 Å². The standard InChI is InChI=1S/C16H21ClN2O4S/c1-18-15(20)11-24(22,23)14-6-8-19(9-7-14)16(21)10-12-2-4-13(17)5-3-12/h2-5,14H,6-11H2,1H3,(H,18,20). The van der Waals surface area contributed by atoms with E-state index >= 15 is 0 Å². The lowest BCUT2D eigenvalue weighted by Crippen LogP contribution is -2.44. The molecule has 0 unspecified atom stereocenters. The number of piperidine rings is 1. The number of sulfone groups is 1. The lowest BCUT2D eigenvalue weighted by molar-refractivity contribution is -0.131. The molecule has 0 aliphatic carbocycles. The fourth-order valence-corrected chi connectivity index (χ4v) is 4.53. The fraction of sp³-hybridized carbons (Fsp3) is 0.500. The average Bonchev–Trinajstić information content (AvgIpc) is 2.56. The van der Waals surface area contributed by atoms with Crippen LogP contribution in [-0.2, 0) is 25.8 Å². The van der Waals surface area contributed by atoms with Crippen LogP contribution in [0.4, 0.5) is 0 Å². The Balaban J connectivity index is 1.89.